The predicted octanol–water partition coefficient (Wildman–Crippen LogP) is 6.80. The van der Waals surface area contributed by atoms with Gasteiger partial charge in [0.05, 0.1) is 0 Å². The highest BCUT2D eigenvalue weighted by Gasteiger charge is 2.29. The van der Waals surface area contributed by atoms with E-state index in [1.165, 1.54) is 16.7 Å². The minimum atomic E-state index is -0.125. The predicted molar refractivity (Wildman–Crippen MR) is 130 cm³/mol. The second-order valence-electron chi connectivity index (χ2n) is 8.92. The van der Waals surface area contributed by atoms with Gasteiger partial charge in [-0.1, -0.05) is 66.8 Å². The van der Waals surface area contributed by atoms with Crippen LogP contribution in [0.25, 0.3) is 5.57 Å². The van der Waals surface area contributed by atoms with Gasteiger partial charge in [0.1, 0.15) is 5.83 Å². The van der Waals surface area contributed by atoms with Crippen LogP contribution in [-0.4, -0.2) is 5.78 Å². The molecule has 0 saturated carbocycles. The highest BCUT2D eigenvalue weighted by atomic mass is 19.1. The zero-order chi connectivity index (χ0) is 22.1. The van der Waals surface area contributed by atoms with Crippen molar-refractivity contribution in [3.63, 3.8) is 0 Å². The summed E-state index contributed by atoms with van der Waals surface area (Å²) in [7, 11) is 0. The third-order valence-electron chi connectivity index (χ3n) is 6.44. The maximum Gasteiger partial charge on any atom is 0.160 e. The van der Waals surface area contributed by atoms with Crippen LogP contribution in [0.3, 0.4) is 0 Å². The lowest BCUT2D eigenvalue weighted by Gasteiger charge is -2.10. The van der Waals surface area contributed by atoms with Gasteiger partial charge in [-0.25, -0.2) is 4.39 Å². The van der Waals surface area contributed by atoms with Crippen LogP contribution in [0.5, 0.6) is 0 Å². The molecule has 3 aliphatic carbocycles. The van der Waals surface area contributed by atoms with Crippen LogP contribution in [0, 0.1) is 23.7 Å². The number of halogens is 1. The van der Waals surface area contributed by atoms with Gasteiger partial charge in [0.25, 0.3) is 0 Å². The van der Waals surface area contributed by atoms with E-state index in [1.54, 1.807) is 18.2 Å². The van der Waals surface area contributed by atoms with Crippen LogP contribution in [0.1, 0.15) is 43.4 Å². The van der Waals surface area contributed by atoms with Crippen molar-refractivity contribution in [3.05, 3.63) is 112 Å². The average Bonchev–Trinajstić information content (AvgIpc) is 3.57. The maximum absolute atomic E-state index is 13.6. The average molecular weight is 423 g/mol. The van der Waals surface area contributed by atoms with Crippen LogP contribution >= 0.6 is 0 Å². The number of allylic oxidation sites excluding steroid dienone is 8. The fourth-order valence-electron chi connectivity index (χ4n) is 4.60. The van der Waals surface area contributed by atoms with Gasteiger partial charge in [-0.15, -0.1) is 0 Å². The molecular formula is C30H27FO. The number of hydrogen-bond donors (Lipinski definition) is 0. The molecule has 0 bridgehead atoms. The van der Waals surface area contributed by atoms with E-state index in [1.807, 2.05) is 31.2 Å². The smallest absolute Gasteiger partial charge is 0.160 e. The molecule has 0 fully saturated rings. The highest BCUT2D eigenvalue weighted by molar-refractivity contribution is 6.03. The van der Waals surface area contributed by atoms with Gasteiger partial charge in [0.2, 0.25) is 0 Å². The number of hydrogen-bond acceptors (Lipinski definition) is 1. The monoisotopic (exact) mass is 422 g/mol. The van der Waals surface area contributed by atoms with E-state index in [0.717, 1.165) is 48.0 Å². The minimum absolute atomic E-state index is 0. The van der Waals surface area contributed by atoms with Crippen LogP contribution in [0.2, 0.25) is 0 Å². The number of fused-ring (bicyclic) bond motifs is 2. The Morgan fingerprint density at radius 3 is 2.81 bits per heavy atom. The van der Waals surface area contributed by atoms with E-state index in [2.05, 4.69) is 42.2 Å². The van der Waals surface area contributed by atoms with Crippen LogP contribution in [0.15, 0.2) is 89.8 Å². The number of aryl methyl sites for hydroxylation is 1. The van der Waals surface area contributed by atoms with E-state index in [4.69, 9.17) is 0 Å². The molecule has 0 saturated heterocycles. The van der Waals surface area contributed by atoms with Gasteiger partial charge < -0.3 is 0 Å². The van der Waals surface area contributed by atoms with E-state index in [0.29, 0.717) is 5.92 Å². The Bertz CT molecular complexity index is 1280. The summed E-state index contributed by atoms with van der Waals surface area (Å²) in [6.45, 7) is 1.98. The first-order chi connectivity index (χ1) is 15.6. The molecule has 32 heavy (non-hydrogen) atoms. The molecule has 0 heterocycles. The van der Waals surface area contributed by atoms with Crippen LogP contribution < -0.4 is 0 Å². The molecule has 3 aliphatic rings. The van der Waals surface area contributed by atoms with Gasteiger partial charge in [-0.3, -0.25) is 4.79 Å². The van der Waals surface area contributed by atoms with Gasteiger partial charge in [0.15, 0.2) is 5.78 Å². The zero-order valence-corrected chi connectivity index (χ0v) is 18.2. The van der Waals surface area contributed by atoms with Crippen molar-refractivity contribution >= 4 is 11.4 Å². The molecule has 0 N–H and O–H groups in total. The summed E-state index contributed by atoms with van der Waals surface area (Å²) in [6.07, 6.45) is 10.7. The third-order valence-corrected chi connectivity index (χ3v) is 6.44. The Kier molecular flexibility index (Phi) is 5.50. The molecule has 2 heteroatoms. The molecular weight excluding hydrogens is 395 g/mol. The lowest BCUT2D eigenvalue weighted by molar-refractivity contribution is -0.117. The second-order valence-corrected chi connectivity index (χ2v) is 8.92. The van der Waals surface area contributed by atoms with E-state index < -0.39 is 0 Å². The summed E-state index contributed by atoms with van der Waals surface area (Å²) in [5, 5.41) is 0. The summed E-state index contributed by atoms with van der Waals surface area (Å²) >= 11 is 0. The van der Waals surface area contributed by atoms with Crippen molar-refractivity contribution in [2.24, 2.45) is 11.8 Å². The van der Waals surface area contributed by atoms with Gasteiger partial charge in [0, 0.05) is 24.4 Å². The van der Waals surface area contributed by atoms with E-state index in [-0.39, 0.29) is 19.0 Å². The van der Waals surface area contributed by atoms with Crippen LogP contribution in [0.4, 0.5) is 4.39 Å². The van der Waals surface area contributed by atoms with Crippen molar-refractivity contribution in [1.82, 2.24) is 0 Å². The summed E-state index contributed by atoms with van der Waals surface area (Å²) in [4.78, 5) is 12.5. The largest absolute Gasteiger partial charge is 0.294 e. The Morgan fingerprint density at radius 1 is 1.03 bits per heavy atom. The molecule has 0 aliphatic heterocycles. The molecule has 0 radical (unpaired) electrons. The lowest BCUT2D eigenvalue weighted by Crippen LogP contribution is -2.09. The van der Waals surface area contributed by atoms with E-state index in [9.17, 15) is 9.18 Å². The fraction of sp³-hybridized carbons (Fsp3) is 0.233. The summed E-state index contributed by atoms with van der Waals surface area (Å²) < 4.78 is 13.6. The maximum atomic E-state index is 13.6. The number of benzene rings is 2. The summed E-state index contributed by atoms with van der Waals surface area (Å²) in [5.41, 5.74) is 7.53. The van der Waals surface area contributed by atoms with Gasteiger partial charge in [-0.2, -0.15) is 0 Å². The Balaban J connectivity index is 0.00000259. The first kappa shape index (κ1) is 20.5. The molecule has 2 aromatic rings. The minimum Gasteiger partial charge on any atom is -0.294 e. The van der Waals surface area contributed by atoms with Gasteiger partial charge >= 0.3 is 0 Å². The first-order valence-electron chi connectivity index (χ1n) is 11.3. The molecule has 0 amide bonds. The zero-order valence-electron chi connectivity index (χ0n) is 18.2. The fourth-order valence-corrected chi connectivity index (χ4v) is 4.60. The van der Waals surface area contributed by atoms with Crippen molar-refractivity contribution in [1.29, 1.82) is 0 Å². The van der Waals surface area contributed by atoms with E-state index >= 15 is 0 Å². The number of carbonyl (C=O) groups excluding carboxylic acids is 1. The molecule has 2 atom stereocenters. The first-order valence-corrected chi connectivity index (χ1v) is 11.3. The standard InChI is InChI=1S/C30H25FO.H2/c1-20-14-23-9-2-3-11-28(23)25(19-30(20)32)13-12-22-7-4-6-21(15-22)8-5-10-24-16-27(31)17-26-18-29(24)26;/h2-4,6-7,9,11,15-20,29H,5,8,10,14H2,1H3;1H. The second kappa shape index (κ2) is 8.60. The van der Waals surface area contributed by atoms with Crippen molar-refractivity contribution in [2.75, 3.05) is 0 Å². The number of ketones is 1. The van der Waals surface area contributed by atoms with Gasteiger partial charge in [-0.05, 0) is 78.3 Å². The van der Waals surface area contributed by atoms with Crippen molar-refractivity contribution in [3.8, 4) is 11.8 Å². The molecule has 5 rings (SSSR count). The summed E-state index contributed by atoms with van der Waals surface area (Å²) in [5.74, 6) is 6.90. The lowest BCUT2D eigenvalue weighted by atomic mass is 9.95. The topological polar surface area (TPSA) is 17.1 Å². The van der Waals surface area contributed by atoms with Crippen molar-refractivity contribution in [2.45, 2.75) is 32.6 Å². The van der Waals surface area contributed by atoms with Crippen LogP contribution in [-0.2, 0) is 17.6 Å². The van der Waals surface area contributed by atoms with Crippen molar-refractivity contribution < 1.29 is 10.6 Å². The molecule has 0 aromatic heterocycles. The quantitative estimate of drug-likeness (QED) is 0.495. The number of carbonyl (C=O) groups is 1. The Labute approximate surface area is 190 Å². The normalized spacial score (nSPS) is 21.0. The highest BCUT2D eigenvalue weighted by Crippen LogP contribution is 2.43. The SMILES string of the molecule is CC1Cc2ccccc2C(C#Cc2cccc(CCCC3=CC(F)=CC4=CC43)c2)=CC1=O.[HH]. The molecule has 2 unspecified atom stereocenters. The Hall–Kier alpha value is -3.44. The molecule has 1 nitrogen and oxygen atoms in total. The molecule has 2 aromatic carbocycles. The number of rotatable bonds is 4. The molecule has 160 valence electrons. The Morgan fingerprint density at radius 2 is 1.91 bits per heavy atom. The third kappa shape index (κ3) is 4.43. The summed E-state index contributed by atoms with van der Waals surface area (Å²) in [6, 6.07) is 16.4. The molecule has 0 spiro atoms.